The molecule has 0 aliphatic heterocycles. The van der Waals surface area contributed by atoms with Gasteiger partial charge in [-0.15, -0.1) is 11.6 Å². The van der Waals surface area contributed by atoms with Crippen LogP contribution in [0.25, 0.3) is 0 Å². The molecule has 94 valence electrons. The highest BCUT2D eigenvalue weighted by Gasteiger charge is 2.42. The molecular weight excluding hydrogens is 253 g/mol. The highest BCUT2D eigenvalue weighted by Crippen LogP contribution is 2.18. The summed E-state index contributed by atoms with van der Waals surface area (Å²) in [6.45, 7) is 1.62. The van der Waals surface area contributed by atoms with Gasteiger partial charge in [0.15, 0.2) is 0 Å². The molecule has 0 aromatic carbocycles. The van der Waals surface area contributed by atoms with E-state index in [2.05, 4.69) is 9.47 Å². The van der Waals surface area contributed by atoms with Crippen LogP contribution in [0.1, 0.15) is 13.3 Å². The lowest BCUT2D eigenvalue weighted by Gasteiger charge is -2.15. The lowest BCUT2D eigenvalue weighted by atomic mass is 10.3. The molecule has 0 aromatic rings. The van der Waals surface area contributed by atoms with E-state index in [1.807, 2.05) is 0 Å². The predicted molar refractivity (Wildman–Crippen MR) is 47.9 cm³/mol. The van der Waals surface area contributed by atoms with E-state index in [0.29, 0.717) is 0 Å². The van der Waals surface area contributed by atoms with Crippen molar-refractivity contribution in [3.05, 3.63) is 0 Å². The van der Waals surface area contributed by atoms with Crippen molar-refractivity contribution < 1.29 is 32.2 Å². The molecule has 0 N–H and O–H groups in total. The van der Waals surface area contributed by atoms with Gasteiger partial charge in [0.2, 0.25) is 0 Å². The molecule has 0 aliphatic rings. The SMILES string of the molecule is CCOC(=O)CC(CCl)OC(=O)C(F)(F)F. The summed E-state index contributed by atoms with van der Waals surface area (Å²) in [4.78, 5) is 21.3. The lowest BCUT2D eigenvalue weighted by molar-refractivity contribution is -0.204. The number of alkyl halides is 4. The minimum Gasteiger partial charge on any atom is -0.466 e. The summed E-state index contributed by atoms with van der Waals surface area (Å²) in [5.41, 5.74) is 0. The van der Waals surface area contributed by atoms with Crippen LogP contribution in [0.5, 0.6) is 0 Å². The van der Waals surface area contributed by atoms with Crippen molar-refractivity contribution in [1.82, 2.24) is 0 Å². The maximum atomic E-state index is 11.8. The number of hydrogen-bond donors (Lipinski definition) is 0. The van der Waals surface area contributed by atoms with Gasteiger partial charge >= 0.3 is 18.1 Å². The maximum absolute atomic E-state index is 11.8. The van der Waals surface area contributed by atoms with Crippen LogP contribution in [0, 0.1) is 0 Å². The molecule has 0 amide bonds. The third-order valence-corrected chi connectivity index (χ3v) is 1.72. The summed E-state index contributed by atoms with van der Waals surface area (Å²) >= 11 is 5.25. The third-order valence-electron chi connectivity index (χ3n) is 1.38. The van der Waals surface area contributed by atoms with Gasteiger partial charge in [0.05, 0.1) is 18.9 Å². The first-order valence-electron chi connectivity index (χ1n) is 4.30. The molecule has 0 heterocycles. The van der Waals surface area contributed by atoms with Gasteiger partial charge in [-0.2, -0.15) is 13.2 Å². The number of hydrogen-bond acceptors (Lipinski definition) is 4. The van der Waals surface area contributed by atoms with Crippen molar-refractivity contribution in [1.29, 1.82) is 0 Å². The summed E-state index contributed by atoms with van der Waals surface area (Å²) in [6, 6.07) is 0. The molecule has 0 fully saturated rings. The van der Waals surface area contributed by atoms with Gasteiger partial charge in [-0.25, -0.2) is 4.79 Å². The molecule has 0 spiro atoms. The molecule has 0 radical (unpaired) electrons. The Kier molecular flexibility index (Phi) is 6.17. The minimum absolute atomic E-state index is 0.0844. The van der Waals surface area contributed by atoms with Crippen molar-refractivity contribution in [2.24, 2.45) is 0 Å². The van der Waals surface area contributed by atoms with Crippen LogP contribution in [0.3, 0.4) is 0 Å². The first-order chi connectivity index (χ1) is 7.31. The van der Waals surface area contributed by atoms with Gasteiger partial charge < -0.3 is 9.47 Å². The first kappa shape index (κ1) is 15.0. The van der Waals surface area contributed by atoms with Crippen LogP contribution in [-0.2, 0) is 19.1 Å². The Hall–Kier alpha value is -0.980. The zero-order chi connectivity index (χ0) is 12.8. The fourth-order valence-corrected chi connectivity index (χ4v) is 0.924. The largest absolute Gasteiger partial charge is 0.490 e. The zero-order valence-electron chi connectivity index (χ0n) is 8.34. The Balaban J connectivity index is 4.21. The highest BCUT2D eigenvalue weighted by molar-refractivity contribution is 6.18. The second kappa shape index (κ2) is 6.57. The first-order valence-corrected chi connectivity index (χ1v) is 4.84. The number of halogens is 4. The predicted octanol–water partition coefficient (Wildman–Crippen LogP) is 1.65. The molecule has 0 saturated carbocycles. The van der Waals surface area contributed by atoms with Gasteiger partial charge in [0.1, 0.15) is 6.10 Å². The minimum atomic E-state index is -5.10. The van der Waals surface area contributed by atoms with E-state index in [1.165, 1.54) is 6.92 Å². The normalized spacial score (nSPS) is 13.1. The highest BCUT2D eigenvalue weighted by atomic mass is 35.5. The van der Waals surface area contributed by atoms with Crippen LogP contribution in [0.15, 0.2) is 0 Å². The molecule has 0 aromatic heterocycles. The third kappa shape index (κ3) is 5.79. The molecule has 8 heteroatoms. The average molecular weight is 263 g/mol. The van der Waals surface area contributed by atoms with E-state index < -0.39 is 36.5 Å². The topological polar surface area (TPSA) is 52.6 Å². The van der Waals surface area contributed by atoms with Gasteiger partial charge in [0, 0.05) is 0 Å². The Bertz CT molecular complexity index is 254. The van der Waals surface area contributed by atoms with Crippen LogP contribution >= 0.6 is 11.6 Å². The number of carbonyl (C=O) groups excluding carboxylic acids is 2. The molecule has 0 saturated heterocycles. The van der Waals surface area contributed by atoms with E-state index in [4.69, 9.17) is 11.6 Å². The molecular formula is C8H10ClF3O4. The van der Waals surface area contributed by atoms with Gasteiger partial charge in [-0.3, -0.25) is 4.79 Å². The Labute approximate surface area is 94.6 Å². The van der Waals surface area contributed by atoms with E-state index in [1.54, 1.807) is 0 Å². The van der Waals surface area contributed by atoms with Crippen LogP contribution in [0.2, 0.25) is 0 Å². The summed E-state index contributed by atoms with van der Waals surface area (Å²) in [5.74, 6) is -3.56. The number of rotatable bonds is 5. The summed E-state index contributed by atoms with van der Waals surface area (Å²) in [6.07, 6.45) is -6.94. The molecule has 1 unspecified atom stereocenters. The van der Waals surface area contributed by atoms with Crippen LogP contribution in [-0.4, -0.2) is 36.7 Å². The van der Waals surface area contributed by atoms with Gasteiger partial charge in [-0.1, -0.05) is 0 Å². The molecule has 0 bridgehead atoms. The van der Waals surface area contributed by atoms with Crippen molar-refractivity contribution in [2.75, 3.05) is 12.5 Å². The van der Waals surface area contributed by atoms with Crippen molar-refractivity contribution in [3.8, 4) is 0 Å². The zero-order valence-corrected chi connectivity index (χ0v) is 9.10. The molecule has 16 heavy (non-hydrogen) atoms. The Morgan fingerprint density at radius 3 is 2.31 bits per heavy atom. The van der Waals surface area contributed by atoms with E-state index in [0.717, 1.165) is 0 Å². The van der Waals surface area contributed by atoms with Gasteiger partial charge in [0.25, 0.3) is 0 Å². The van der Waals surface area contributed by atoms with Crippen molar-refractivity contribution in [2.45, 2.75) is 25.6 Å². The molecule has 0 aliphatic carbocycles. The summed E-state index contributed by atoms with van der Waals surface area (Å²) in [7, 11) is 0. The number of ether oxygens (including phenoxy) is 2. The Morgan fingerprint density at radius 2 is 1.94 bits per heavy atom. The fourth-order valence-electron chi connectivity index (χ4n) is 0.752. The van der Waals surface area contributed by atoms with Crippen LogP contribution in [0.4, 0.5) is 13.2 Å². The van der Waals surface area contributed by atoms with E-state index in [-0.39, 0.29) is 6.61 Å². The van der Waals surface area contributed by atoms with Crippen molar-refractivity contribution >= 4 is 23.5 Å². The molecule has 1 atom stereocenters. The van der Waals surface area contributed by atoms with Gasteiger partial charge in [-0.05, 0) is 6.92 Å². The summed E-state index contributed by atoms with van der Waals surface area (Å²) < 4.78 is 43.8. The second-order valence-corrected chi connectivity index (χ2v) is 3.00. The average Bonchev–Trinajstić information content (AvgIpc) is 2.15. The summed E-state index contributed by atoms with van der Waals surface area (Å²) in [5, 5.41) is 0. The second-order valence-electron chi connectivity index (χ2n) is 2.69. The number of esters is 2. The van der Waals surface area contributed by atoms with Crippen molar-refractivity contribution in [3.63, 3.8) is 0 Å². The Morgan fingerprint density at radius 1 is 1.38 bits per heavy atom. The number of carbonyl (C=O) groups is 2. The molecule has 0 rings (SSSR count). The smallest absolute Gasteiger partial charge is 0.466 e. The standard InChI is InChI=1S/C8H10ClF3O4/c1-2-15-6(13)3-5(4-9)16-7(14)8(10,11)12/h5H,2-4H2,1H3. The quantitative estimate of drug-likeness (QED) is 0.558. The van der Waals surface area contributed by atoms with E-state index in [9.17, 15) is 22.8 Å². The van der Waals surface area contributed by atoms with E-state index >= 15 is 0 Å². The monoisotopic (exact) mass is 262 g/mol. The maximum Gasteiger partial charge on any atom is 0.490 e. The fraction of sp³-hybridized carbons (Fsp3) is 0.750. The molecule has 4 nitrogen and oxygen atoms in total. The lowest BCUT2D eigenvalue weighted by Crippen LogP contribution is -2.32. The van der Waals surface area contributed by atoms with Crippen LogP contribution < -0.4 is 0 Å².